The molecule has 18 atom stereocenters. The molecular weight excluding hydrogens is 931 g/mol. The van der Waals surface area contributed by atoms with Crippen molar-refractivity contribution in [1.29, 1.82) is 10.5 Å². The monoisotopic (exact) mass is 1010 g/mol. The second kappa shape index (κ2) is 23.6. The summed E-state index contributed by atoms with van der Waals surface area (Å²) in [6.45, 7) is 20.4. The number of aliphatic hydroxyl groups is 4. The number of likely N-dealkylation sites (N-methyl/N-ethyl adjacent to an activating group) is 1. The zero-order chi connectivity index (χ0) is 51.2. The summed E-state index contributed by atoms with van der Waals surface area (Å²) >= 11 is 2.31. The van der Waals surface area contributed by atoms with E-state index in [1.54, 1.807) is 48.6 Å². The van der Waals surface area contributed by atoms with Crippen molar-refractivity contribution >= 4 is 33.8 Å². The largest absolute Gasteiger partial charge is 0.460 e. The summed E-state index contributed by atoms with van der Waals surface area (Å²) in [6, 6.07) is 3.27. The number of carbonyl (C=O) groups excluding carboxylic acids is 1. The molecule has 2 aromatic heterocycles. The summed E-state index contributed by atoms with van der Waals surface area (Å²) in [5, 5.41) is 75.6. The van der Waals surface area contributed by atoms with Gasteiger partial charge in [0.1, 0.15) is 50.9 Å². The number of carbonyl (C=O) groups is 1. The normalized spacial score (nSPS) is 40.7. The SMILES string of the molecule is CCCN(C[C@]1(O)[C@H](C)O[C@@H](O[C@H]2[C@H](C)[C@@H](O[C@@H]3O[C@H](C)C[C@H](NC)[C@H]3Oc3ncc(C#N)s3)[C@](C)(O)C[C@@H](C)CN[C@H](C)[C@@H](O)[C@](C)(O)[C@@H](CC)OC(=O)[C@@H]2C)C[C@@]1(C)OC)c1ncc(C#N)s1. The van der Waals surface area contributed by atoms with Crippen LogP contribution in [0.3, 0.4) is 0 Å². The lowest BCUT2D eigenvalue weighted by molar-refractivity contribution is -0.334. The van der Waals surface area contributed by atoms with Gasteiger partial charge >= 0.3 is 5.97 Å². The first-order valence-electron chi connectivity index (χ1n) is 24.2. The number of nitrogens with one attached hydrogen (secondary N) is 2. The molecule has 0 saturated carbocycles. The average molecular weight is 1010 g/mol. The number of rotatable bonds is 14. The van der Waals surface area contributed by atoms with Crippen LogP contribution in [-0.2, 0) is 33.2 Å². The Hall–Kier alpha value is -3.13. The van der Waals surface area contributed by atoms with Crippen molar-refractivity contribution in [3.8, 4) is 17.3 Å². The minimum atomic E-state index is -1.87. The smallest absolute Gasteiger partial charge is 0.311 e. The number of aliphatic hydroxyl groups excluding tert-OH is 1. The molecule has 5 rings (SSSR count). The van der Waals surface area contributed by atoms with E-state index in [0.29, 0.717) is 34.4 Å². The summed E-state index contributed by atoms with van der Waals surface area (Å²) in [6.07, 6.45) is -4.52. The van der Waals surface area contributed by atoms with Gasteiger partial charge in [0.25, 0.3) is 5.19 Å². The van der Waals surface area contributed by atoms with Gasteiger partial charge in [-0.1, -0.05) is 50.4 Å². The third-order valence-electron chi connectivity index (χ3n) is 14.5. The first kappa shape index (κ1) is 56.8. The van der Waals surface area contributed by atoms with Crippen molar-refractivity contribution in [1.82, 2.24) is 20.6 Å². The molecule has 19 nitrogen and oxygen atoms in total. The Balaban J connectivity index is 1.59. The third kappa shape index (κ3) is 12.7. The van der Waals surface area contributed by atoms with Gasteiger partial charge in [-0.3, -0.25) is 4.79 Å². The Morgan fingerprint density at radius 1 is 0.971 bits per heavy atom. The highest BCUT2D eigenvalue weighted by atomic mass is 32.1. The van der Waals surface area contributed by atoms with Gasteiger partial charge in [0, 0.05) is 32.0 Å². The van der Waals surface area contributed by atoms with Crippen LogP contribution in [0.25, 0.3) is 0 Å². The molecule has 6 N–H and O–H groups in total. The number of anilines is 1. The van der Waals surface area contributed by atoms with E-state index in [-0.39, 0.29) is 49.1 Å². The van der Waals surface area contributed by atoms with Gasteiger partial charge in [0.05, 0.1) is 60.9 Å². The van der Waals surface area contributed by atoms with E-state index in [2.05, 4.69) is 32.7 Å². The molecule has 388 valence electrons. The molecule has 3 saturated heterocycles. The first-order chi connectivity index (χ1) is 32.4. The van der Waals surface area contributed by atoms with Crippen molar-refractivity contribution in [2.24, 2.45) is 17.8 Å². The van der Waals surface area contributed by atoms with Crippen LogP contribution in [0.4, 0.5) is 5.13 Å². The molecule has 69 heavy (non-hydrogen) atoms. The first-order valence-corrected chi connectivity index (χ1v) is 25.8. The Morgan fingerprint density at radius 3 is 2.23 bits per heavy atom. The maximum Gasteiger partial charge on any atom is 0.311 e. The Bertz CT molecular complexity index is 2060. The highest BCUT2D eigenvalue weighted by Crippen LogP contribution is 2.45. The van der Waals surface area contributed by atoms with Crippen molar-refractivity contribution in [3.05, 3.63) is 22.1 Å². The summed E-state index contributed by atoms with van der Waals surface area (Å²) in [5.74, 6) is -2.94. The number of hydrogen-bond donors (Lipinski definition) is 6. The number of thiazole rings is 2. The molecule has 3 fully saturated rings. The van der Waals surface area contributed by atoms with Crippen LogP contribution in [0.1, 0.15) is 118 Å². The van der Waals surface area contributed by atoms with E-state index in [4.69, 9.17) is 33.2 Å². The van der Waals surface area contributed by atoms with Crippen LogP contribution < -0.4 is 20.3 Å². The predicted octanol–water partition coefficient (Wildman–Crippen LogP) is 4.25. The van der Waals surface area contributed by atoms with Crippen LogP contribution in [0.15, 0.2) is 12.4 Å². The van der Waals surface area contributed by atoms with Gasteiger partial charge in [-0.2, -0.15) is 10.5 Å². The van der Waals surface area contributed by atoms with E-state index in [0.717, 1.165) is 17.8 Å². The highest BCUT2D eigenvalue weighted by Gasteiger charge is 2.59. The maximum atomic E-state index is 14.7. The molecule has 0 unspecified atom stereocenters. The molecular formula is C48H77N7O12S2. The fourth-order valence-electron chi connectivity index (χ4n) is 10.4. The van der Waals surface area contributed by atoms with E-state index in [1.165, 1.54) is 37.8 Å². The van der Waals surface area contributed by atoms with Crippen LogP contribution >= 0.6 is 22.7 Å². The highest BCUT2D eigenvalue weighted by molar-refractivity contribution is 7.16. The topological polar surface area (TPSA) is 263 Å². The lowest BCUT2D eigenvalue weighted by atomic mass is 9.75. The zero-order valence-electron chi connectivity index (χ0n) is 42.5. The lowest BCUT2D eigenvalue weighted by Gasteiger charge is -2.54. The van der Waals surface area contributed by atoms with Gasteiger partial charge in [-0.15, -0.1) is 0 Å². The van der Waals surface area contributed by atoms with Gasteiger partial charge in [0.15, 0.2) is 23.8 Å². The molecule has 5 heterocycles. The number of methoxy groups -OCH3 is 1. The third-order valence-corrected chi connectivity index (χ3v) is 16.3. The number of esters is 1. The van der Waals surface area contributed by atoms with E-state index >= 15 is 0 Å². The molecule has 0 amide bonds. The van der Waals surface area contributed by atoms with Gasteiger partial charge in [-0.25, -0.2) is 9.97 Å². The molecule has 3 aliphatic heterocycles. The number of hydrogen-bond acceptors (Lipinski definition) is 21. The zero-order valence-corrected chi connectivity index (χ0v) is 44.1. The molecule has 21 heteroatoms. The molecule has 0 bridgehead atoms. The minimum absolute atomic E-state index is 0.0148. The van der Waals surface area contributed by atoms with Crippen LogP contribution in [0.5, 0.6) is 5.19 Å². The molecule has 0 spiro atoms. The Morgan fingerprint density at radius 2 is 1.64 bits per heavy atom. The summed E-state index contributed by atoms with van der Waals surface area (Å²) in [7, 11) is 3.31. The van der Waals surface area contributed by atoms with E-state index < -0.39 is 95.5 Å². The lowest BCUT2D eigenvalue weighted by Crippen LogP contribution is -2.70. The van der Waals surface area contributed by atoms with Crippen molar-refractivity contribution < 1.29 is 58.4 Å². The second-order valence-corrected chi connectivity index (χ2v) is 22.1. The number of nitriles is 2. The van der Waals surface area contributed by atoms with Crippen LogP contribution in [0.2, 0.25) is 0 Å². The Kier molecular flexibility index (Phi) is 19.4. The van der Waals surface area contributed by atoms with Crippen molar-refractivity contribution in [2.75, 3.05) is 38.7 Å². The number of ether oxygens (including phenoxy) is 7. The average Bonchev–Trinajstić information content (AvgIpc) is 3.99. The van der Waals surface area contributed by atoms with Crippen molar-refractivity contribution in [3.63, 3.8) is 0 Å². The van der Waals surface area contributed by atoms with Gasteiger partial charge in [-0.05, 0) is 93.7 Å². The van der Waals surface area contributed by atoms with E-state index in [9.17, 15) is 35.7 Å². The quantitative estimate of drug-likeness (QED) is 0.145. The number of aromatic nitrogens is 2. The van der Waals surface area contributed by atoms with Crippen molar-refractivity contribution in [2.45, 2.75) is 198 Å². The molecule has 0 radical (unpaired) electrons. The van der Waals surface area contributed by atoms with Gasteiger partial charge < -0.3 is 69.1 Å². The van der Waals surface area contributed by atoms with Crippen LogP contribution in [0, 0.1) is 40.4 Å². The fraction of sp³-hybridized carbons (Fsp3) is 0.812. The van der Waals surface area contributed by atoms with Crippen LogP contribution in [-0.4, -0.2) is 160 Å². The summed E-state index contributed by atoms with van der Waals surface area (Å²) in [5.41, 5.74) is -6.49. The summed E-state index contributed by atoms with van der Waals surface area (Å²) in [4.78, 5) is 26.2. The molecule has 0 aliphatic carbocycles. The maximum absolute atomic E-state index is 14.7. The van der Waals surface area contributed by atoms with E-state index in [1.807, 2.05) is 32.6 Å². The van der Waals surface area contributed by atoms with Gasteiger partial charge in [0.2, 0.25) is 0 Å². The number of cyclic esters (lactones) is 1. The standard InChI is InChI=1S/C48H77N7O12S2/c1-14-16-55(43-53-23-32(20-49)68-43)25-48(60)31(8)63-36(19-46(48,10)61-13)65-37-28(5)40(67-42-38(34(51-12)17-27(4)62-42)66-44-54-24-33(21-50)69-44)45(9,58)18-26(3)22-52-30(7)39(56)47(11,59)35(15-2)64-41(57)29(37)6/h23-24,26-31,34-40,42,51-52,56,58-60H,14-19,22,25H2,1-13H3/t26-,27-,28+,29-,30-,31+,34+,35-,36+,37+,38-,39-,40-,42+,45-,46-,47-,48+/m1/s1. The number of nitrogens with zero attached hydrogens (tertiary/aromatic N) is 5. The molecule has 2 aromatic rings. The second-order valence-electron chi connectivity index (χ2n) is 20.1. The predicted molar refractivity (Wildman–Crippen MR) is 258 cm³/mol. The minimum Gasteiger partial charge on any atom is -0.460 e. The summed E-state index contributed by atoms with van der Waals surface area (Å²) < 4.78 is 46.1. The molecule has 0 aromatic carbocycles. The fourth-order valence-corrected chi connectivity index (χ4v) is 11.7. The molecule has 3 aliphatic rings. The Labute approximate surface area is 415 Å².